The smallest absolute Gasteiger partial charge is 0.257 e. The summed E-state index contributed by atoms with van der Waals surface area (Å²) in [6.07, 6.45) is 2.81. The minimum atomic E-state index is -0.0914. The van der Waals surface area contributed by atoms with Crippen LogP contribution in [-0.2, 0) is 17.6 Å². The van der Waals surface area contributed by atoms with Gasteiger partial charge in [-0.3, -0.25) is 4.79 Å². The fourth-order valence-electron chi connectivity index (χ4n) is 2.46. The van der Waals surface area contributed by atoms with Crippen molar-refractivity contribution < 1.29 is 14.3 Å². The van der Waals surface area contributed by atoms with Crippen LogP contribution >= 0.6 is 0 Å². The first-order valence-electron chi connectivity index (χ1n) is 8.91. The summed E-state index contributed by atoms with van der Waals surface area (Å²) in [7, 11) is 0. The van der Waals surface area contributed by atoms with E-state index >= 15 is 0 Å². The van der Waals surface area contributed by atoms with Gasteiger partial charge >= 0.3 is 0 Å². The molecule has 1 amide bonds. The molecule has 0 aliphatic carbocycles. The topological polar surface area (TPSA) is 47.6 Å². The molecule has 134 valence electrons. The molecule has 1 N–H and O–H groups in total. The van der Waals surface area contributed by atoms with Gasteiger partial charge in [0.05, 0.1) is 6.61 Å². The molecule has 0 spiro atoms. The number of ether oxygens (including phenoxy) is 2. The fraction of sp³-hybridized carbons (Fsp3) is 0.381. The van der Waals surface area contributed by atoms with Crippen LogP contribution in [0.2, 0.25) is 0 Å². The largest absolute Gasteiger partial charge is 0.494 e. The Labute approximate surface area is 150 Å². The molecule has 0 heterocycles. The zero-order valence-electron chi connectivity index (χ0n) is 15.1. The second-order valence-electron chi connectivity index (χ2n) is 5.82. The summed E-state index contributed by atoms with van der Waals surface area (Å²) >= 11 is 0. The third-order valence-corrected chi connectivity index (χ3v) is 3.90. The van der Waals surface area contributed by atoms with Crippen LogP contribution in [0.1, 0.15) is 31.4 Å². The van der Waals surface area contributed by atoms with E-state index in [2.05, 4.69) is 24.4 Å². The zero-order valence-corrected chi connectivity index (χ0v) is 15.1. The normalized spacial score (nSPS) is 10.3. The second kappa shape index (κ2) is 10.4. The van der Waals surface area contributed by atoms with E-state index in [0.29, 0.717) is 13.2 Å². The Balaban J connectivity index is 1.61. The van der Waals surface area contributed by atoms with Crippen LogP contribution in [0.5, 0.6) is 11.5 Å². The number of benzene rings is 2. The number of carbonyl (C=O) groups is 1. The first-order valence-corrected chi connectivity index (χ1v) is 8.91. The van der Waals surface area contributed by atoms with Crippen LogP contribution in [-0.4, -0.2) is 25.7 Å². The predicted octanol–water partition coefficient (Wildman–Crippen LogP) is 3.78. The molecule has 2 rings (SSSR count). The lowest BCUT2D eigenvalue weighted by Crippen LogP contribution is -2.29. The van der Waals surface area contributed by atoms with Crippen molar-refractivity contribution in [1.82, 2.24) is 5.32 Å². The monoisotopic (exact) mass is 341 g/mol. The van der Waals surface area contributed by atoms with Gasteiger partial charge in [0.15, 0.2) is 6.61 Å². The Morgan fingerprint density at radius 3 is 2.08 bits per heavy atom. The van der Waals surface area contributed by atoms with Gasteiger partial charge in [-0.05, 0) is 61.6 Å². The maximum Gasteiger partial charge on any atom is 0.257 e. The van der Waals surface area contributed by atoms with Gasteiger partial charge in [0.25, 0.3) is 5.91 Å². The molecule has 0 fully saturated rings. The average molecular weight is 341 g/mol. The molecule has 0 aromatic heterocycles. The molecule has 0 radical (unpaired) electrons. The van der Waals surface area contributed by atoms with Gasteiger partial charge in [0.1, 0.15) is 11.5 Å². The molecule has 2 aromatic rings. The maximum absolute atomic E-state index is 11.8. The lowest BCUT2D eigenvalue weighted by Gasteiger charge is -2.08. The van der Waals surface area contributed by atoms with Gasteiger partial charge < -0.3 is 14.8 Å². The predicted molar refractivity (Wildman–Crippen MR) is 100 cm³/mol. The van der Waals surface area contributed by atoms with Crippen LogP contribution in [0.4, 0.5) is 0 Å². The summed E-state index contributed by atoms with van der Waals surface area (Å²) in [5, 5.41) is 2.89. The standard InChI is InChI=1S/C21H27NO3/c1-3-17-7-11-20(12-8-17)25-16-21(23)22-15-5-6-18-9-13-19(14-10-18)24-4-2/h7-14H,3-6,15-16H2,1-2H3,(H,22,23). The lowest BCUT2D eigenvalue weighted by molar-refractivity contribution is -0.123. The molecule has 0 bridgehead atoms. The van der Waals surface area contributed by atoms with Crippen LogP contribution in [0.25, 0.3) is 0 Å². The van der Waals surface area contributed by atoms with Crippen molar-refractivity contribution in [3.63, 3.8) is 0 Å². The molecule has 0 aliphatic rings. The summed E-state index contributed by atoms with van der Waals surface area (Å²) in [5.74, 6) is 1.52. The van der Waals surface area contributed by atoms with Crippen LogP contribution in [0.3, 0.4) is 0 Å². The molecule has 4 nitrogen and oxygen atoms in total. The van der Waals surface area contributed by atoms with Crippen molar-refractivity contribution in [2.75, 3.05) is 19.8 Å². The highest BCUT2D eigenvalue weighted by Gasteiger charge is 2.03. The van der Waals surface area contributed by atoms with Crippen molar-refractivity contribution in [2.24, 2.45) is 0 Å². The summed E-state index contributed by atoms with van der Waals surface area (Å²) in [5.41, 5.74) is 2.50. The minimum absolute atomic E-state index is 0.0501. The summed E-state index contributed by atoms with van der Waals surface area (Å²) in [6, 6.07) is 15.9. The Bertz CT molecular complexity index is 635. The fourth-order valence-corrected chi connectivity index (χ4v) is 2.46. The molecule has 0 saturated heterocycles. The molecule has 0 saturated carbocycles. The number of nitrogens with one attached hydrogen (secondary N) is 1. The first-order chi connectivity index (χ1) is 12.2. The third-order valence-electron chi connectivity index (χ3n) is 3.90. The molecular formula is C21H27NO3. The van der Waals surface area contributed by atoms with Crippen molar-refractivity contribution in [3.8, 4) is 11.5 Å². The highest BCUT2D eigenvalue weighted by molar-refractivity contribution is 5.77. The van der Waals surface area contributed by atoms with Crippen molar-refractivity contribution in [2.45, 2.75) is 33.1 Å². The molecule has 0 atom stereocenters. The molecule has 4 heteroatoms. The van der Waals surface area contributed by atoms with Gasteiger partial charge in [-0.15, -0.1) is 0 Å². The van der Waals surface area contributed by atoms with Crippen LogP contribution in [0, 0.1) is 0 Å². The maximum atomic E-state index is 11.8. The quantitative estimate of drug-likeness (QED) is 0.669. The van der Waals surface area contributed by atoms with Crippen molar-refractivity contribution >= 4 is 5.91 Å². The molecule has 0 unspecified atom stereocenters. The Hall–Kier alpha value is -2.49. The van der Waals surface area contributed by atoms with Crippen molar-refractivity contribution in [3.05, 3.63) is 59.7 Å². The van der Waals surface area contributed by atoms with E-state index in [9.17, 15) is 4.79 Å². The van der Waals surface area contributed by atoms with E-state index in [4.69, 9.17) is 9.47 Å². The van der Waals surface area contributed by atoms with E-state index in [1.54, 1.807) is 0 Å². The number of hydrogen-bond acceptors (Lipinski definition) is 3. The van der Waals surface area contributed by atoms with Gasteiger partial charge in [-0.25, -0.2) is 0 Å². The van der Waals surface area contributed by atoms with Crippen LogP contribution in [0.15, 0.2) is 48.5 Å². The summed E-state index contributed by atoms with van der Waals surface area (Å²) in [6.45, 7) is 5.45. The van der Waals surface area contributed by atoms with Gasteiger partial charge in [0.2, 0.25) is 0 Å². The SMILES string of the molecule is CCOc1ccc(CCCNC(=O)COc2ccc(CC)cc2)cc1. The highest BCUT2D eigenvalue weighted by atomic mass is 16.5. The average Bonchev–Trinajstić information content (AvgIpc) is 2.65. The number of hydrogen-bond donors (Lipinski definition) is 1. The van der Waals surface area contributed by atoms with Crippen LogP contribution < -0.4 is 14.8 Å². The minimum Gasteiger partial charge on any atom is -0.494 e. The van der Waals surface area contributed by atoms with E-state index in [-0.39, 0.29) is 12.5 Å². The molecular weight excluding hydrogens is 314 g/mol. The van der Waals surface area contributed by atoms with Crippen molar-refractivity contribution in [1.29, 1.82) is 0 Å². The summed E-state index contributed by atoms with van der Waals surface area (Å²) < 4.78 is 10.9. The highest BCUT2D eigenvalue weighted by Crippen LogP contribution is 2.13. The Morgan fingerprint density at radius 1 is 0.880 bits per heavy atom. The number of carbonyl (C=O) groups excluding carboxylic acids is 1. The van der Waals surface area contributed by atoms with Gasteiger partial charge in [-0.1, -0.05) is 31.2 Å². The number of rotatable bonds is 10. The van der Waals surface area contributed by atoms with Gasteiger partial charge in [0, 0.05) is 6.54 Å². The van der Waals surface area contributed by atoms with Gasteiger partial charge in [-0.2, -0.15) is 0 Å². The van der Waals surface area contributed by atoms with E-state index in [1.807, 2.05) is 43.3 Å². The molecule has 25 heavy (non-hydrogen) atoms. The molecule has 0 aliphatic heterocycles. The third kappa shape index (κ3) is 6.87. The number of aryl methyl sites for hydroxylation is 2. The number of amides is 1. The zero-order chi connectivity index (χ0) is 17.9. The second-order valence-corrected chi connectivity index (χ2v) is 5.82. The molecule has 2 aromatic carbocycles. The van der Waals surface area contributed by atoms with E-state index in [1.165, 1.54) is 11.1 Å². The Kier molecular flexibility index (Phi) is 7.83. The Morgan fingerprint density at radius 2 is 1.48 bits per heavy atom. The van der Waals surface area contributed by atoms with E-state index in [0.717, 1.165) is 30.8 Å². The van der Waals surface area contributed by atoms with E-state index < -0.39 is 0 Å². The first kappa shape index (κ1) is 18.8. The summed E-state index contributed by atoms with van der Waals surface area (Å²) in [4.78, 5) is 11.8. The lowest BCUT2D eigenvalue weighted by atomic mass is 10.1.